The van der Waals surface area contributed by atoms with E-state index in [1.165, 1.54) is 0 Å². The highest BCUT2D eigenvalue weighted by Crippen LogP contribution is 2.38. The lowest BCUT2D eigenvalue weighted by Crippen LogP contribution is -2.39. The number of unbranched alkanes of at least 4 members (excludes halogenated alkanes) is 2. The number of esters is 2. The molecule has 1 rings (SSSR count). The average Bonchev–Trinajstić information content (AvgIpc) is 2.87. The normalized spacial score (nSPS) is 23.6. The summed E-state index contributed by atoms with van der Waals surface area (Å²) < 4.78 is 10.8. The molecule has 1 aliphatic heterocycles. The van der Waals surface area contributed by atoms with Crippen molar-refractivity contribution < 1.29 is 24.2 Å². The van der Waals surface area contributed by atoms with Gasteiger partial charge in [-0.1, -0.05) is 47.5 Å². The van der Waals surface area contributed by atoms with Crippen LogP contribution in [0.1, 0.15) is 73.1 Å². The number of carbonyl (C=O) groups is 2. The van der Waals surface area contributed by atoms with Crippen molar-refractivity contribution in [1.29, 1.82) is 0 Å². The van der Waals surface area contributed by atoms with Crippen molar-refractivity contribution in [2.45, 2.75) is 78.7 Å². The molecule has 0 unspecified atom stereocenters. The lowest BCUT2D eigenvalue weighted by atomic mass is 9.77. The van der Waals surface area contributed by atoms with Crippen LogP contribution in [0.5, 0.6) is 0 Å². The Morgan fingerprint density at radius 3 is 2.44 bits per heavy atom. The highest BCUT2D eigenvalue weighted by Gasteiger charge is 2.48. The largest absolute Gasteiger partial charge is 0.461 e. The van der Waals surface area contributed by atoms with E-state index in [4.69, 9.17) is 9.47 Å². The van der Waals surface area contributed by atoms with E-state index in [9.17, 15) is 14.7 Å². The molecule has 0 spiro atoms. The van der Waals surface area contributed by atoms with Crippen molar-refractivity contribution in [2.24, 2.45) is 23.7 Å². The fourth-order valence-electron chi connectivity index (χ4n) is 3.73. The Hall–Kier alpha value is -1.10. The van der Waals surface area contributed by atoms with Crippen molar-refractivity contribution in [2.75, 3.05) is 13.2 Å². The molecule has 1 saturated heterocycles. The second-order valence-electron chi connectivity index (χ2n) is 8.17. The van der Waals surface area contributed by atoms with Crippen molar-refractivity contribution in [3.63, 3.8) is 0 Å². The van der Waals surface area contributed by atoms with Gasteiger partial charge in [-0.15, -0.1) is 0 Å². The number of aliphatic hydroxyl groups is 1. The van der Waals surface area contributed by atoms with Crippen LogP contribution in [0.4, 0.5) is 0 Å². The summed E-state index contributed by atoms with van der Waals surface area (Å²) in [5.74, 6) is 0.580. The summed E-state index contributed by atoms with van der Waals surface area (Å²) in [7, 11) is 0. The van der Waals surface area contributed by atoms with E-state index in [0.717, 1.165) is 25.7 Å². The van der Waals surface area contributed by atoms with Crippen LogP contribution >= 0.6 is 0 Å². The second kappa shape index (κ2) is 10.1. The Balaban J connectivity index is 2.61. The number of carbonyl (C=O) groups excluding carboxylic acids is 2. The Morgan fingerprint density at radius 2 is 1.92 bits per heavy atom. The van der Waals surface area contributed by atoms with Gasteiger partial charge in [0.2, 0.25) is 0 Å². The molecular weight excluding hydrogens is 320 g/mol. The standard InChI is InChI=1S/C20H36O5/c1-6-7-8-9-18(22)24-13-20(12-21)11-16(19(23)25-20)10-17(14(2)3)15(4)5/h14-17,21H,6-13H2,1-5H3/t16-,20+/m0/s1. The van der Waals surface area contributed by atoms with Gasteiger partial charge >= 0.3 is 11.9 Å². The van der Waals surface area contributed by atoms with E-state index in [1.54, 1.807) is 0 Å². The molecule has 0 radical (unpaired) electrons. The third-order valence-electron chi connectivity index (χ3n) is 5.31. The first-order valence-corrected chi connectivity index (χ1v) is 9.74. The molecule has 1 fully saturated rings. The number of rotatable bonds is 11. The first-order chi connectivity index (χ1) is 11.7. The van der Waals surface area contributed by atoms with E-state index in [1.807, 2.05) is 0 Å². The summed E-state index contributed by atoms with van der Waals surface area (Å²) in [6, 6.07) is 0. The minimum absolute atomic E-state index is 0.0509. The van der Waals surface area contributed by atoms with Crippen LogP contribution in [0, 0.1) is 23.7 Å². The lowest BCUT2D eigenvalue weighted by Gasteiger charge is -2.27. The minimum Gasteiger partial charge on any atom is -0.461 e. The maximum absolute atomic E-state index is 12.3. The van der Waals surface area contributed by atoms with Crippen LogP contribution in [-0.2, 0) is 19.1 Å². The molecule has 2 atom stereocenters. The molecule has 1 N–H and O–H groups in total. The maximum atomic E-state index is 12.3. The Kier molecular flexibility index (Phi) is 8.91. The summed E-state index contributed by atoms with van der Waals surface area (Å²) in [5, 5.41) is 9.76. The van der Waals surface area contributed by atoms with Gasteiger partial charge in [-0.3, -0.25) is 9.59 Å². The van der Waals surface area contributed by atoms with E-state index >= 15 is 0 Å². The molecule has 5 heteroatoms. The van der Waals surface area contributed by atoms with Crippen molar-refractivity contribution >= 4 is 11.9 Å². The molecule has 1 heterocycles. The summed E-state index contributed by atoms with van der Waals surface area (Å²) in [5.41, 5.74) is -1.07. The molecule has 0 aliphatic carbocycles. The molecule has 5 nitrogen and oxygen atoms in total. The smallest absolute Gasteiger partial charge is 0.309 e. The first-order valence-electron chi connectivity index (χ1n) is 9.74. The van der Waals surface area contributed by atoms with Gasteiger partial charge in [-0.2, -0.15) is 0 Å². The molecular formula is C20H36O5. The van der Waals surface area contributed by atoms with Gasteiger partial charge in [0, 0.05) is 12.8 Å². The van der Waals surface area contributed by atoms with E-state index < -0.39 is 5.60 Å². The Bertz CT molecular complexity index is 424. The Labute approximate surface area is 152 Å². The molecule has 0 amide bonds. The van der Waals surface area contributed by atoms with Gasteiger partial charge in [0.15, 0.2) is 5.60 Å². The van der Waals surface area contributed by atoms with Gasteiger partial charge in [-0.05, 0) is 30.6 Å². The van der Waals surface area contributed by atoms with E-state index in [-0.39, 0.29) is 31.1 Å². The van der Waals surface area contributed by atoms with Crippen LogP contribution < -0.4 is 0 Å². The average molecular weight is 357 g/mol. The predicted octanol–water partition coefficient (Wildman–Crippen LogP) is 3.72. The molecule has 0 aromatic rings. The fourth-order valence-corrected chi connectivity index (χ4v) is 3.73. The molecule has 0 aromatic heterocycles. The molecule has 0 aromatic carbocycles. The quantitative estimate of drug-likeness (QED) is 0.451. The number of ether oxygens (including phenoxy) is 2. The highest BCUT2D eigenvalue weighted by molar-refractivity contribution is 5.75. The van der Waals surface area contributed by atoms with Crippen molar-refractivity contribution in [3.8, 4) is 0 Å². The number of cyclic esters (lactones) is 1. The molecule has 0 saturated carbocycles. The third-order valence-corrected chi connectivity index (χ3v) is 5.31. The first kappa shape index (κ1) is 21.9. The van der Waals surface area contributed by atoms with E-state index in [0.29, 0.717) is 30.6 Å². The molecule has 1 aliphatic rings. The fraction of sp³-hybridized carbons (Fsp3) is 0.900. The van der Waals surface area contributed by atoms with Crippen LogP contribution in [0.15, 0.2) is 0 Å². The minimum atomic E-state index is -1.07. The van der Waals surface area contributed by atoms with E-state index in [2.05, 4.69) is 34.6 Å². The zero-order valence-electron chi connectivity index (χ0n) is 16.5. The van der Waals surface area contributed by atoms with Crippen LogP contribution in [-0.4, -0.2) is 35.9 Å². The summed E-state index contributed by atoms with van der Waals surface area (Å²) >= 11 is 0. The van der Waals surface area contributed by atoms with Crippen molar-refractivity contribution in [3.05, 3.63) is 0 Å². The van der Waals surface area contributed by atoms with Gasteiger partial charge < -0.3 is 14.6 Å². The highest BCUT2D eigenvalue weighted by atomic mass is 16.6. The SMILES string of the molecule is CCCCCC(=O)OC[C@]1(CO)C[C@H](CC(C(C)C)C(C)C)C(=O)O1. The summed E-state index contributed by atoms with van der Waals surface area (Å²) in [6.45, 7) is 10.4. The number of hydrogen-bond acceptors (Lipinski definition) is 5. The number of hydrogen-bond donors (Lipinski definition) is 1. The predicted molar refractivity (Wildman–Crippen MR) is 96.9 cm³/mol. The van der Waals surface area contributed by atoms with Gasteiger partial charge in [0.05, 0.1) is 12.5 Å². The molecule has 146 valence electrons. The van der Waals surface area contributed by atoms with Gasteiger partial charge in [0.25, 0.3) is 0 Å². The molecule has 0 bridgehead atoms. The summed E-state index contributed by atoms with van der Waals surface area (Å²) in [4.78, 5) is 24.1. The number of aliphatic hydroxyl groups excluding tert-OH is 1. The monoisotopic (exact) mass is 356 g/mol. The maximum Gasteiger partial charge on any atom is 0.309 e. The van der Waals surface area contributed by atoms with Crippen LogP contribution in [0.2, 0.25) is 0 Å². The zero-order valence-corrected chi connectivity index (χ0v) is 16.5. The lowest BCUT2D eigenvalue weighted by molar-refractivity contribution is -0.167. The second-order valence-corrected chi connectivity index (χ2v) is 8.17. The van der Waals surface area contributed by atoms with Crippen molar-refractivity contribution in [1.82, 2.24) is 0 Å². The zero-order chi connectivity index (χ0) is 19.0. The van der Waals surface area contributed by atoms with Gasteiger partial charge in [0.1, 0.15) is 6.61 Å². The van der Waals surface area contributed by atoms with Crippen LogP contribution in [0.25, 0.3) is 0 Å². The van der Waals surface area contributed by atoms with Gasteiger partial charge in [-0.25, -0.2) is 0 Å². The summed E-state index contributed by atoms with van der Waals surface area (Å²) in [6.07, 6.45) is 4.37. The third kappa shape index (κ3) is 6.61. The van der Waals surface area contributed by atoms with Crippen LogP contribution in [0.3, 0.4) is 0 Å². The molecule has 25 heavy (non-hydrogen) atoms. The topological polar surface area (TPSA) is 72.8 Å². The Morgan fingerprint density at radius 1 is 1.28 bits per heavy atom.